The fourth-order valence-electron chi connectivity index (χ4n) is 2.63. The number of halogens is 1. The highest BCUT2D eigenvalue weighted by molar-refractivity contribution is 6.30. The SMILES string of the molecule is CC1COc2ccccc2C1NCc1ccc(Cl)cc1. The first-order valence-corrected chi connectivity index (χ1v) is 7.31. The van der Waals surface area contributed by atoms with E-state index in [1.54, 1.807) is 0 Å². The normalized spacial score (nSPS) is 21.1. The average molecular weight is 288 g/mol. The summed E-state index contributed by atoms with van der Waals surface area (Å²) in [4.78, 5) is 0. The van der Waals surface area contributed by atoms with Gasteiger partial charge in [0.25, 0.3) is 0 Å². The molecule has 1 aliphatic rings. The minimum atomic E-state index is 0.329. The Labute approximate surface area is 124 Å². The molecular formula is C17H18ClNO. The highest BCUT2D eigenvalue weighted by atomic mass is 35.5. The lowest BCUT2D eigenvalue weighted by atomic mass is 9.92. The van der Waals surface area contributed by atoms with Crippen LogP contribution in [0.2, 0.25) is 5.02 Å². The zero-order valence-corrected chi connectivity index (χ0v) is 12.2. The molecule has 0 bridgehead atoms. The second kappa shape index (κ2) is 5.86. The topological polar surface area (TPSA) is 21.3 Å². The first-order valence-electron chi connectivity index (χ1n) is 6.93. The fraction of sp³-hybridized carbons (Fsp3) is 0.294. The molecule has 3 heteroatoms. The molecule has 2 aromatic rings. The van der Waals surface area contributed by atoms with Gasteiger partial charge in [-0.15, -0.1) is 0 Å². The van der Waals surface area contributed by atoms with Crippen molar-refractivity contribution in [2.24, 2.45) is 5.92 Å². The molecule has 2 atom stereocenters. The number of para-hydroxylation sites is 1. The molecule has 0 aliphatic carbocycles. The van der Waals surface area contributed by atoms with E-state index in [0.717, 1.165) is 23.9 Å². The molecule has 1 heterocycles. The van der Waals surface area contributed by atoms with Crippen molar-refractivity contribution in [3.05, 3.63) is 64.7 Å². The first kappa shape index (κ1) is 13.5. The van der Waals surface area contributed by atoms with Crippen LogP contribution >= 0.6 is 11.6 Å². The van der Waals surface area contributed by atoms with E-state index >= 15 is 0 Å². The zero-order valence-electron chi connectivity index (χ0n) is 11.5. The van der Waals surface area contributed by atoms with Crippen molar-refractivity contribution in [2.45, 2.75) is 19.5 Å². The number of fused-ring (bicyclic) bond motifs is 1. The Morgan fingerprint density at radius 2 is 1.90 bits per heavy atom. The van der Waals surface area contributed by atoms with Gasteiger partial charge in [-0.1, -0.05) is 48.9 Å². The van der Waals surface area contributed by atoms with Crippen molar-refractivity contribution in [3.63, 3.8) is 0 Å². The Morgan fingerprint density at radius 1 is 1.15 bits per heavy atom. The van der Waals surface area contributed by atoms with Crippen LogP contribution < -0.4 is 10.1 Å². The molecule has 0 amide bonds. The molecule has 2 aromatic carbocycles. The minimum Gasteiger partial charge on any atom is -0.493 e. The molecule has 2 unspecified atom stereocenters. The second-order valence-electron chi connectivity index (χ2n) is 5.31. The van der Waals surface area contributed by atoms with E-state index in [4.69, 9.17) is 16.3 Å². The molecule has 0 spiro atoms. The summed E-state index contributed by atoms with van der Waals surface area (Å²) in [6, 6.07) is 16.6. The van der Waals surface area contributed by atoms with Gasteiger partial charge < -0.3 is 10.1 Å². The smallest absolute Gasteiger partial charge is 0.124 e. The van der Waals surface area contributed by atoms with Crippen LogP contribution in [0.5, 0.6) is 5.75 Å². The van der Waals surface area contributed by atoms with Gasteiger partial charge in [0.05, 0.1) is 6.61 Å². The Bertz CT molecular complexity index is 582. The second-order valence-corrected chi connectivity index (χ2v) is 5.75. The summed E-state index contributed by atoms with van der Waals surface area (Å²) >= 11 is 5.91. The maximum Gasteiger partial charge on any atom is 0.124 e. The molecule has 104 valence electrons. The molecule has 0 aromatic heterocycles. The zero-order chi connectivity index (χ0) is 13.9. The highest BCUT2D eigenvalue weighted by Crippen LogP contribution is 2.35. The molecule has 1 aliphatic heterocycles. The van der Waals surface area contributed by atoms with Gasteiger partial charge in [-0.05, 0) is 23.8 Å². The van der Waals surface area contributed by atoms with Gasteiger partial charge in [-0.25, -0.2) is 0 Å². The maximum atomic E-state index is 5.91. The third-order valence-electron chi connectivity index (χ3n) is 3.76. The third-order valence-corrected chi connectivity index (χ3v) is 4.02. The van der Waals surface area contributed by atoms with E-state index in [2.05, 4.69) is 36.5 Å². The van der Waals surface area contributed by atoms with Crippen molar-refractivity contribution < 1.29 is 4.74 Å². The molecule has 20 heavy (non-hydrogen) atoms. The highest BCUT2D eigenvalue weighted by Gasteiger charge is 2.26. The van der Waals surface area contributed by atoms with Crippen LogP contribution in [0.4, 0.5) is 0 Å². The van der Waals surface area contributed by atoms with Crippen LogP contribution in [0, 0.1) is 5.92 Å². The Balaban J connectivity index is 1.75. The summed E-state index contributed by atoms with van der Waals surface area (Å²) in [5, 5.41) is 4.42. The van der Waals surface area contributed by atoms with Crippen LogP contribution in [0.1, 0.15) is 24.1 Å². The summed E-state index contributed by atoms with van der Waals surface area (Å²) in [5.74, 6) is 1.46. The summed E-state index contributed by atoms with van der Waals surface area (Å²) in [6.45, 7) is 3.81. The molecule has 2 nitrogen and oxygen atoms in total. The maximum absolute atomic E-state index is 5.91. The lowest BCUT2D eigenvalue weighted by molar-refractivity contribution is 0.188. The van der Waals surface area contributed by atoms with Gasteiger partial charge in [0.1, 0.15) is 5.75 Å². The van der Waals surface area contributed by atoms with Crippen LogP contribution in [-0.2, 0) is 6.54 Å². The minimum absolute atomic E-state index is 0.329. The number of nitrogens with one attached hydrogen (secondary N) is 1. The predicted molar refractivity (Wildman–Crippen MR) is 82.1 cm³/mol. The van der Waals surface area contributed by atoms with Crippen molar-refractivity contribution in [1.29, 1.82) is 0 Å². The van der Waals surface area contributed by atoms with E-state index < -0.39 is 0 Å². The van der Waals surface area contributed by atoms with Crippen LogP contribution in [0.3, 0.4) is 0 Å². The summed E-state index contributed by atoms with van der Waals surface area (Å²) in [5.41, 5.74) is 2.49. The van der Waals surface area contributed by atoms with Crippen LogP contribution in [0.25, 0.3) is 0 Å². The van der Waals surface area contributed by atoms with E-state index in [1.807, 2.05) is 24.3 Å². The van der Waals surface area contributed by atoms with E-state index in [9.17, 15) is 0 Å². The fourth-order valence-corrected chi connectivity index (χ4v) is 2.76. The van der Waals surface area contributed by atoms with E-state index in [1.165, 1.54) is 11.1 Å². The van der Waals surface area contributed by atoms with Gasteiger partial charge in [-0.3, -0.25) is 0 Å². The monoisotopic (exact) mass is 287 g/mol. The van der Waals surface area contributed by atoms with E-state index in [-0.39, 0.29) is 0 Å². The summed E-state index contributed by atoms with van der Waals surface area (Å²) in [7, 11) is 0. The van der Waals surface area contributed by atoms with Gasteiger partial charge in [0, 0.05) is 29.1 Å². The molecule has 0 saturated carbocycles. The Kier molecular flexibility index (Phi) is 3.95. The van der Waals surface area contributed by atoms with Gasteiger partial charge in [0.15, 0.2) is 0 Å². The van der Waals surface area contributed by atoms with Crippen molar-refractivity contribution in [1.82, 2.24) is 5.32 Å². The molecule has 0 radical (unpaired) electrons. The van der Waals surface area contributed by atoms with Crippen LogP contribution in [-0.4, -0.2) is 6.61 Å². The Hall–Kier alpha value is -1.51. The predicted octanol–water partition coefficient (Wildman–Crippen LogP) is 4.20. The lowest BCUT2D eigenvalue weighted by Crippen LogP contribution is -2.33. The van der Waals surface area contributed by atoms with Gasteiger partial charge >= 0.3 is 0 Å². The van der Waals surface area contributed by atoms with Crippen molar-refractivity contribution in [2.75, 3.05) is 6.61 Å². The number of hydrogen-bond donors (Lipinski definition) is 1. The van der Waals surface area contributed by atoms with Crippen molar-refractivity contribution in [3.8, 4) is 5.75 Å². The number of benzene rings is 2. The van der Waals surface area contributed by atoms with Gasteiger partial charge in [0.2, 0.25) is 0 Å². The molecular weight excluding hydrogens is 270 g/mol. The third kappa shape index (κ3) is 2.82. The number of rotatable bonds is 3. The Morgan fingerprint density at radius 3 is 2.70 bits per heavy atom. The van der Waals surface area contributed by atoms with Crippen LogP contribution in [0.15, 0.2) is 48.5 Å². The molecule has 0 fully saturated rings. The molecule has 1 N–H and O–H groups in total. The van der Waals surface area contributed by atoms with E-state index in [0.29, 0.717) is 12.0 Å². The number of ether oxygens (including phenoxy) is 1. The average Bonchev–Trinajstić information content (AvgIpc) is 2.48. The largest absolute Gasteiger partial charge is 0.493 e. The van der Waals surface area contributed by atoms with Gasteiger partial charge in [-0.2, -0.15) is 0 Å². The summed E-state index contributed by atoms with van der Waals surface area (Å²) in [6.07, 6.45) is 0. The lowest BCUT2D eigenvalue weighted by Gasteiger charge is -2.32. The standard InChI is InChI=1S/C17H18ClNO/c1-12-11-20-16-5-3-2-4-15(16)17(12)19-10-13-6-8-14(18)9-7-13/h2-9,12,17,19H,10-11H2,1H3. The number of hydrogen-bond acceptors (Lipinski definition) is 2. The quantitative estimate of drug-likeness (QED) is 0.913. The first-order chi connectivity index (χ1) is 9.74. The summed E-state index contributed by atoms with van der Waals surface area (Å²) < 4.78 is 5.78. The molecule has 3 rings (SSSR count). The van der Waals surface area contributed by atoms with Crippen molar-refractivity contribution >= 4 is 11.6 Å². The molecule has 0 saturated heterocycles.